The van der Waals surface area contributed by atoms with E-state index in [4.69, 9.17) is 0 Å². The average Bonchev–Trinajstić information content (AvgIpc) is 2.52. The number of aromatic hydroxyl groups is 1. The standard InChI is InChI=1S/C14H22N4O4S/c1-11-5-2-3-10-18(11)23(21,22)17-9-8-16-14(20)13-12(19)6-4-7-15-13/h4,6-7,11,17,19H,2-3,5,8-10H2,1H3,(H,16,20). The molecule has 0 aliphatic carbocycles. The predicted octanol–water partition coefficient (Wildman–Crippen LogP) is 0.226. The molecule has 1 aromatic rings. The van der Waals surface area contributed by atoms with Gasteiger partial charge in [-0.15, -0.1) is 0 Å². The molecule has 1 amide bonds. The van der Waals surface area contributed by atoms with Crippen LogP contribution in [0.4, 0.5) is 0 Å². The Morgan fingerprint density at radius 2 is 2.22 bits per heavy atom. The fraction of sp³-hybridized carbons (Fsp3) is 0.571. The highest BCUT2D eigenvalue weighted by Gasteiger charge is 2.28. The van der Waals surface area contributed by atoms with Gasteiger partial charge in [0.05, 0.1) is 0 Å². The van der Waals surface area contributed by atoms with Crippen molar-refractivity contribution in [3.8, 4) is 5.75 Å². The Morgan fingerprint density at radius 3 is 2.91 bits per heavy atom. The van der Waals surface area contributed by atoms with Crippen LogP contribution in [-0.2, 0) is 10.2 Å². The molecule has 1 unspecified atom stereocenters. The van der Waals surface area contributed by atoms with E-state index < -0.39 is 16.1 Å². The molecule has 0 bridgehead atoms. The van der Waals surface area contributed by atoms with Crippen LogP contribution in [0.15, 0.2) is 18.3 Å². The number of piperidine rings is 1. The van der Waals surface area contributed by atoms with Gasteiger partial charge < -0.3 is 10.4 Å². The van der Waals surface area contributed by atoms with Gasteiger partial charge >= 0.3 is 0 Å². The largest absolute Gasteiger partial charge is 0.505 e. The van der Waals surface area contributed by atoms with E-state index in [9.17, 15) is 18.3 Å². The highest BCUT2D eigenvalue weighted by Crippen LogP contribution is 2.18. The van der Waals surface area contributed by atoms with Crippen molar-refractivity contribution in [2.24, 2.45) is 0 Å². The molecule has 1 aromatic heterocycles. The van der Waals surface area contributed by atoms with Crippen molar-refractivity contribution in [2.75, 3.05) is 19.6 Å². The summed E-state index contributed by atoms with van der Waals surface area (Å²) in [7, 11) is -3.54. The minimum atomic E-state index is -3.54. The van der Waals surface area contributed by atoms with Gasteiger partial charge in [-0.2, -0.15) is 12.7 Å². The van der Waals surface area contributed by atoms with Crippen molar-refractivity contribution in [2.45, 2.75) is 32.2 Å². The van der Waals surface area contributed by atoms with Crippen molar-refractivity contribution < 1.29 is 18.3 Å². The van der Waals surface area contributed by atoms with Crippen molar-refractivity contribution in [1.82, 2.24) is 19.3 Å². The van der Waals surface area contributed by atoms with Crippen LogP contribution in [0.3, 0.4) is 0 Å². The number of carbonyl (C=O) groups excluding carboxylic acids is 1. The molecule has 0 spiro atoms. The van der Waals surface area contributed by atoms with Crippen LogP contribution >= 0.6 is 0 Å². The van der Waals surface area contributed by atoms with Gasteiger partial charge in [-0.3, -0.25) is 4.79 Å². The molecule has 1 atom stereocenters. The first-order chi connectivity index (χ1) is 10.9. The Labute approximate surface area is 136 Å². The van der Waals surface area contributed by atoms with Crippen molar-refractivity contribution in [3.63, 3.8) is 0 Å². The Kier molecular flexibility index (Phi) is 5.91. The first-order valence-electron chi connectivity index (χ1n) is 7.60. The highest BCUT2D eigenvalue weighted by atomic mass is 32.2. The zero-order valence-corrected chi connectivity index (χ0v) is 13.8. The maximum Gasteiger partial charge on any atom is 0.279 e. The van der Waals surface area contributed by atoms with Gasteiger partial charge in [0, 0.05) is 31.9 Å². The van der Waals surface area contributed by atoms with E-state index in [2.05, 4.69) is 15.0 Å². The molecule has 0 saturated carbocycles. The number of aromatic nitrogens is 1. The van der Waals surface area contributed by atoms with Crippen LogP contribution in [0.25, 0.3) is 0 Å². The van der Waals surface area contributed by atoms with Gasteiger partial charge in [0.2, 0.25) is 0 Å². The average molecular weight is 342 g/mol. The normalized spacial score (nSPS) is 19.4. The lowest BCUT2D eigenvalue weighted by atomic mass is 10.1. The molecule has 1 aliphatic heterocycles. The smallest absolute Gasteiger partial charge is 0.279 e. The number of amides is 1. The molecule has 2 rings (SSSR count). The second-order valence-electron chi connectivity index (χ2n) is 5.48. The first-order valence-corrected chi connectivity index (χ1v) is 9.04. The first kappa shape index (κ1) is 17.6. The number of pyridine rings is 1. The van der Waals surface area contributed by atoms with Gasteiger partial charge in [0.1, 0.15) is 5.75 Å². The summed E-state index contributed by atoms with van der Waals surface area (Å²) in [4.78, 5) is 15.6. The summed E-state index contributed by atoms with van der Waals surface area (Å²) in [5, 5.41) is 12.0. The van der Waals surface area contributed by atoms with Crippen molar-refractivity contribution in [1.29, 1.82) is 0 Å². The quantitative estimate of drug-likeness (QED) is 0.641. The number of hydrogen-bond donors (Lipinski definition) is 3. The molecular formula is C14H22N4O4S. The summed E-state index contributed by atoms with van der Waals surface area (Å²) in [6.07, 6.45) is 4.16. The summed E-state index contributed by atoms with van der Waals surface area (Å²) in [6, 6.07) is 2.86. The molecule has 128 valence electrons. The Bertz CT molecular complexity index is 650. The number of carbonyl (C=O) groups is 1. The van der Waals surface area contributed by atoms with E-state index >= 15 is 0 Å². The highest BCUT2D eigenvalue weighted by molar-refractivity contribution is 7.87. The topological polar surface area (TPSA) is 112 Å². The third-order valence-corrected chi connectivity index (χ3v) is 5.48. The molecule has 3 N–H and O–H groups in total. The monoisotopic (exact) mass is 342 g/mol. The van der Waals surface area contributed by atoms with E-state index in [1.165, 1.54) is 22.6 Å². The van der Waals surface area contributed by atoms with Gasteiger partial charge in [-0.1, -0.05) is 6.42 Å². The second kappa shape index (κ2) is 7.71. The van der Waals surface area contributed by atoms with Gasteiger partial charge in [-0.05, 0) is 31.9 Å². The van der Waals surface area contributed by atoms with Crippen molar-refractivity contribution >= 4 is 16.1 Å². The van der Waals surface area contributed by atoms with Crippen LogP contribution in [0.5, 0.6) is 5.75 Å². The molecule has 9 heteroatoms. The fourth-order valence-corrected chi connectivity index (χ4v) is 4.00. The van der Waals surface area contributed by atoms with E-state index in [0.29, 0.717) is 6.54 Å². The van der Waals surface area contributed by atoms with Gasteiger partial charge in [0.25, 0.3) is 16.1 Å². The number of hydrogen-bond acceptors (Lipinski definition) is 5. The van der Waals surface area contributed by atoms with Crippen molar-refractivity contribution in [3.05, 3.63) is 24.0 Å². The van der Waals surface area contributed by atoms with Crippen LogP contribution in [-0.4, -0.2) is 54.4 Å². The van der Waals surface area contributed by atoms with Gasteiger partial charge in [0.15, 0.2) is 5.69 Å². The molecule has 1 aliphatic rings. The van der Waals surface area contributed by atoms with Gasteiger partial charge in [-0.25, -0.2) is 9.71 Å². The number of nitrogens with zero attached hydrogens (tertiary/aromatic N) is 2. The maximum atomic E-state index is 12.2. The maximum absolute atomic E-state index is 12.2. The third-order valence-electron chi connectivity index (χ3n) is 3.75. The second-order valence-corrected chi connectivity index (χ2v) is 7.19. The summed E-state index contributed by atoms with van der Waals surface area (Å²) < 4.78 is 28.4. The minimum Gasteiger partial charge on any atom is -0.505 e. The predicted molar refractivity (Wildman–Crippen MR) is 85.2 cm³/mol. The summed E-state index contributed by atoms with van der Waals surface area (Å²) in [5.41, 5.74) is -0.0833. The summed E-state index contributed by atoms with van der Waals surface area (Å²) >= 11 is 0. The molecule has 1 fully saturated rings. The van der Waals surface area contributed by atoms with E-state index in [1.54, 1.807) is 0 Å². The number of nitrogens with one attached hydrogen (secondary N) is 2. The Morgan fingerprint density at radius 1 is 1.43 bits per heavy atom. The molecule has 1 saturated heterocycles. The SMILES string of the molecule is CC1CCCCN1S(=O)(=O)NCCNC(=O)c1ncccc1O. The lowest BCUT2D eigenvalue weighted by Crippen LogP contribution is -2.49. The van der Waals surface area contributed by atoms with Crippen LogP contribution in [0.1, 0.15) is 36.7 Å². The summed E-state index contributed by atoms with van der Waals surface area (Å²) in [6.45, 7) is 2.59. The van der Waals surface area contributed by atoms with E-state index in [1.807, 2.05) is 6.92 Å². The zero-order valence-electron chi connectivity index (χ0n) is 13.0. The molecular weight excluding hydrogens is 320 g/mol. The zero-order chi connectivity index (χ0) is 16.9. The van der Waals surface area contributed by atoms with Crippen LogP contribution in [0.2, 0.25) is 0 Å². The van der Waals surface area contributed by atoms with Crippen LogP contribution in [0, 0.1) is 0 Å². The molecule has 8 nitrogen and oxygen atoms in total. The van der Waals surface area contributed by atoms with E-state index in [-0.39, 0.29) is 30.6 Å². The minimum absolute atomic E-state index is 0.0127. The van der Waals surface area contributed by atoms with E-state index in [0.717, 1.165) is 19.3 Å². The van der Waals surface area contributed by atoms with Crippen LogP contribution < -0.4 is 10.0 Å². The third kappa shape index (κ3) is 4.63. The lowest BCUT2D eigenvalue weighted by molar-refractivity contribution is 0.0946. The molecule has 2 heterocycles. The molecule has 23 heavy (non-hydrogen) atoms. The number of rotatable bonds is 6. The summed E-state index contributed by atoms with van der Waals surface area (Å²) in [5.74, 6) is -0.763. The Balaban J connectivity index is 1.80. The molecule has 0 aromatic carbocycles. The lowest BCUT2D eigenvalue weighted by Gasteiger charge is -2.32. The molecule has 0 radical (unpaired) electrons. The fourth-order valence-electron chi connectivity index (χ4n) is 2.52. The Hall–Kier alpha value is -1.71.